The molecule has 6 aromatic heterocycles. The molecule has 2 N–H and O–H groups in total. The number of hydrogen-bond donors (Lipinski definition) is 2. The number of fused-ring (bicyclic) bond motifs is 2. The fourth-order valence-corrected chi connectivity index (χ4v) is 7.07. The van der Waals surface area contributed by atoms with Gasteiger partial charge in [0.1, 0.15) is 11.6 Å². The first-order chi connectivity index (χ1) is 27.2. The topological polar surface area (TPSA) is 127 Å². The molecule has 1 fully saturated rings. The number of pyridine rings is 2. The van der Waals surface area contributed by atoms with Gasteiger partial charge >= 0.3 is 0 Å². The lowest BCUT2D eigenvalue weighted by Gasteiger charge is -2.20. The average molecular weight is 727 g/mol. The molecule has 9 rings (SSSR count). The minimum Gasteiger partial charge on any atom is -0.366 e. The number of carbonyl (C=O) groups is 1. The highest BCUT2D eigenvalue weighted by molar-refractivity contribution is 5.85. The molecule has 0 atom stereocenters. The molecule has 0 spiro atoms. The molecule has 11 nitrogen and oxygen atoms in total. The van der Waals surface area contributed by atoms with E-state index < -0.39 is 0 Å². The van der Waals surface area contributed by atoms with E-state index in [2.05, 4.69) is 67.1 Å². The van der Waals surface area contributed by atoms with Gasteiger partial charge in [-0.15, -0.1) is 0 Å². The number of anilines is 2. The second-order valence-electron chi connectivity index (χ2n) is 13.8. The molecule has 0 radical (unpaired) electrons. The Morgan fingerprint density at radius 3 is 1.71 bits per heavy atom. The maximum atomic E-state index is 11.3. The summed E-state index contributed by atoms with van der Waals surface area (Å²) in [5.74, 6) is 2.47. The Hall–Kier alpha value is -6.75. The lowest BCUT2D eigenvalue weighted by atomic mass is 9.85. The fraction of sp³-hybridized carbons (Fsp3) is 0.205. The second-order valence-corrected chi connectivity index (χ2v) is 13.8. The van der Waals surface area contributed by atoms with Crippen molar-refractivity contribution in [1.29, 1.82) is 0 Å². The summed E-state index contributed by atoms with van der Waals surface area (Å²) in [4.78, 5) is 29.3. The smallest absolute Gasteiger partial charge is 0.168 e. The number of aldehydes is 1. The lowest BCUT2D eigenvalue weighted by molar-refractivity contribution is 0.112. The first-order valence-corrected chi connectivity index (χ1v) is 18.8. The molecule has 0 unspecified atom stereocenters. The molecule has 274 valence electrons. The van der Waals surface area contributed by atoms with Crippen molar-refractivity contribution in [2.24, 2.45) is 5.92 Å². The molecular weight excluding hydrogens is 685 g/mol. The van der Waals surface area contributed by atoms with Crippen LogP contribution >= 0.6 is 0 Å². The van der Waals surface area contributed by atoms with Crippen molar-refractivity contribution < 1.29 is 4.79 Å². The largest absolute Gasteiger partial charge is 0.366 e. The van der Waals surface area contributed by atoms with Gasteiger partial charge in [0.05, 0.1) is 29.3 Å². The van der Waals surface area contributed by atoms with Crippen LogP contribution in [0.25, 0.3) is 33.8 Å². The Morgan fingerprint density at radius 2 is 1.16 bits per heavy atom. The summed E-state index contributed by atoms with van der Waals surface area (Å²) in [5, 5.41) is 15.9. The van der Waals surface area contributed by atoms with Gasteiger partial charge in [-0.2, -0.15) is 19.2 Å². The van der Waals surface area contributed by atoms with Gasteiger partial charge in [0, 0.05) is 66.7 Å². The third-order valence-corrected chi connectivity index (χ3v) is 9.94. The first kappa shape index (κ1) is 35.3. The SMILES string of the molecule is O=Cc1cnn2c(NCc3cccnc3)cc(-c3ccccc3)nc12.c1ccc(-c2cc(NCc3cccnc3)n3ncc(CC4CCCCC4)c3n2)cc1. The first-order valence-electron chi connectivity index (χ1n) is 18.8. The van der Waals surface area contributed by atoms with Crippen LogP contribution in [0.1, 0.15) is 59.2 Å². The average Bonchev–Trinajstić information content (AvgIpc) is 3.88. The molecule has 0 saturated heterocycles. The van der Waals surface area contributed by atoms with Gasteiger partial charge in [0.2, 0.25) is 0 Å². The molecule has 11 heteroatoms. The van der Waals surface area contributed by atoms with Crippen molar-refractivity contribution in [3.8, 4) is 22.5 Å². The van der Waals surface area contributed by atoms with Gasteiger partial charge in [0.25, 0.3) is 0 Å². The molecule has 0 bridgehead atoms. The lowest BCUT2D eigenvalue weighted by Crippen LogP contribution is -2.10. The van der Waals surface area contributed by atoms with Gasteiger partial charge in [-0.05, 0) is 35.6 Å². The molecule has 0 amide bonds. The van der Waals surface area contributed by atoms with Crippen LogP contribution in [-0.2, 0) is 19.5 Å². The third kappa shape index (κ3) is 8.41. The van der Waals surface area contributed by atoms with E-state index in [-0.39, 0.29) is 0 Å². The number of aromatic nitrogens is 8. The summed E-state index contributed by atoms with van der Waals surface area (Å²) < 4.78 is 3.60. The van der Waals surface area contributed by atoms with Crippen LogP contribution in [0.3, 0.4) is 0 Å². The monoisotopic (exact) mass is 726 g/mol. The van der Waals surface area contributed by atoms with Gasteiger partial charge in [-0.25, -0.2) is 9.97 Å². The van der Waals surface area contributed by atoms with Crippen molar-refractivity contribution in [1.82, 2.24) is 39.2 Å². The van der Waals surface area contributed by atoms with E-state index in [0.717, 1.165) is 69.5 Å². The molecule has 2 aromatic carbocycles. The predicted molar refractivity (Wildman–Crippen MR) is 216 cm³/mol. The third-order valence-electron chi connectivity index (χ3n) is 9.94. The Kier molecular flexibility index (Phi) is 10.9. The van der Waals surface area contributed by atoms with Crippen LogP contribution < -0.4 is 10.6 Å². The number of rotatable bonds is 11. The van der Waals surface area contributed by atoms with Crippen LogP contribution in [0.15, 0.2) is 134 Å². The zero-order valence-corrected chi connectivity index (χ0v) is 30.5. The van der Waals surface area contributed by atoms with E-state index in [0.29, 0.717) is 24.3 Å². The van der Waals surface area contributed by atoms with Crippen molar-refractivity contribution in [2.75, 3.05) is 10.6 Å². The summed E-state index contributed by atoms with van der Waals surface area (Å²) in [5.41, 5.74) is 9.26. The Morgan fingerprint density at radius 1 is 0.618 bits per heavy atom. The maximum Gasteiger partial charge on any atom is 0.168 e. The van der Waals surface area contributed by atoms with Crippen LogP contribution in [0.4, 0.5) is 11.6 Å². The molecular formula is C44H42N10O. The van der Waals surface area contributed by atoms with E-state index in [1.54, 1.807) is 16.9 Å². The standard InChI is InChI=1S/C25H27N5.C19H15N5O/c1-3-8-19(9-4-1)14-22-18-28-30-24(27-17-20-10-7-13-26-16-20)15-23(29-25(22)30)21-11-5-2-6-12-21;25-13-16-12-22-24-18(21-11-14-5-4-8-20-10-14)9-17(23-19(16)24)15-6-2-1-3-7-15/h2,5-7,10-13,15-16,18-19,27H,1,3-4,8-9,14,17H2;1-10,12-13,21H,11H2. The van der Waals surface area contributed by atoms with Gasteiger partial charge in [-0.3, -0.25) is 14.8 Å². The highest BCUT2D eigenvalue weighted by Gasteiger charge is 2.19. The molecule has 1 aliphatic carbocycles. The minimum absolute atomic E-state index is 0.460. The van der Waals surface area contributed by atoms with Crippen LogP contribution in [0.5, 0.6) is 0 Å². The van der Waals surface area contributed by atoms with E-state index in [1.807, 2.05) is 83.8 Å². The predicted octanol–water partition coefficient (Wildman–Crippen LogP) is 8.74. The molecule has 8 aromatic rings. The maximum absolute atomic E-state index is 11.3. The molecule has 6 heterocycles. The minimum atomic E-state index is 0.460. The van der Waals surface area contributed by atoms with Crippen LogP contribution in [0.2, 0.25) is 0 Å². The van der Waals surface area contributed by atoms with Gasteiger partial charge in [-0.1, -0.05) is 105 Å². The van der Waals surface area contributed by atoms with E-state index in [1.165, 1.54) is 43.9 Å². The zero-order valence-electron chi connectivity index (χ0n) is 30.5. The summed E-state index contributed by atoms with van der Waals surface area (Å²) in [7, 11) is 0. The van der Waals surface area contributed by atoms with Gasteiger partial charge in [0.15, 0.2) is 17.6 Å². The summed E-state index contributed by atoms with van der Waals surface area (Å²) in [6, 6.07) is 32.2. The molecule has 55 heavy (non-hydrogen) atoms. The zero-order chi connectivity index (χ0) is 37.2. The number of nitrogens with one attached hydrogen (secondary N) is 2. The second kappa shape index (κ2) is 16.9. The van der Waals surface area contributed by atoms with Crippen LogP contribution in [-0.4, -0.2) is 45.5 Å². The van der Waals surface area contributed by atoms with Crippen molar-refractivity contribution in [3.05, 3.63) is 156 Å². The van der Waals surface area contributed by atoms with Crippen molar-refractivity contribution in [3.63, 3.8) is 0 Å². The molecule has 1 saturated carbocycles. The van der Waals surface area contributed by atoms with Gasteiger partial charge < -0.3 is 10.6 Å². The highest BCUT2D eigenvalue weighted by atomic mass is 16.1. The number of benzene rings is 2. The Balaban J connectivity index is 0.000000158. The Labute approximate surface area is 319 Å². The normalized spacial score (nSPS) is 12.9. The number of hydrogen-bond acceptors (Lipinski definition) is 9. The fourth-order valence-electron chi connectivity index (χ4n) is 7.07. The van der Waals surface area contributed by atoms with E-state index >= 15 is 0 Å². The number of carbonyl (C=O) groups excluding carboxylic acids is 1. The Bertz CT molecular complexity index is 2460. The quantitative estimate of drug-likeness (QED) is 0.126. The van der Waals surface area contributed by atoms with E-state index in [4.69, 9.17) is 10.1 Å². The van der Waals surface area contributed by atoms with Crippen molar-refractivity contribution in [2.45, 2.75) is 51.6 Å². The van der Waals surface area contributed by atoms with Crippen molar-refractivity contribution >= 4 is 29.2 Å². The van der Waals surface area contributed by atoms with E-state index in [9.17, 15) is 4.79 Å². The summed E-state index contributed by atoms with van der Waals surface area (Å²) in [6.45, 7) is 1.29. The summed E-state index contributed by atoms with van der Waals surface area (Å²) >= 11 is 0. The molecule has 0 aliphatic heterocycles. The van der Waals surface area contributed by atoms with Crippen LogP contribution in [0, 0.1) is 5.92 Å². The summed E-state index contributed by atoms with van der Waals surface area (Å²) in [6.07, 6.45) is 19.3. The molecule has 1 aliphatic rings. The number of nitrogens with zero attached hydrogens (tertiary/aromatic N) is 8. The highest BCUT2D eigenvalue weighted by Crippen LogP contribution is 2.30.